The Bertz CT molecular complexity index is 2390. The molecule has 3 fully saturated rings. The number of hydrogen-bond acceptors (Lipinski definition) is 17. The second kappa shape index (κ2) is 23.3. The van der Waals surface area contributed by atoms with Crippen molar-refractivity contribution < 1.29 is 80.5 Å². The Balaban J connectivity index is 0.856. The minimum absolute atomic E-state index is 0.0329. The highest BCUT2D eigenvalue weighted by atomic mass is 31.3. The van der Waals surface area contributed by atoms with Gasteiger partial charge < -0.3 is 50.9 Å². The van der Waals surface area contributed by atoms with Gasteiger partial charge in [0.2, 0.25) is 11.8 Å². The summed E-state index contributed by atoms with van der Waals surface area (Å²) < 4.78 is 62.6. The number of Topliss-reactive ketones (excluding diaryl/α,β-unsaturated/α-hetero) is 1. The first-order chi connectivity index (χ1) is 32.5. The van der Waals surface area contributed by atoms with Gasteiger partial charge >= 0.3 is 23.5 Å². The minimum atomic E-state index is -5.58. The van der Waals surface area contributed by atoms with Crippen LogP contribution in [-0.2, 0) is 63.5 Å². The number of amides is 2. The van der Waals surface area contributed by atoms with E-state index in [-0.39, 0.29) is 54.1 Å². The number of carbonyl (C=O) groups excluding carboxylic acids is 3. The molecule has 2 saturated carbocycles. The molecule has 6 rings (SSSR count). The predicted octanol–water partition coefficient (Wildman–Crippen LogP) is 3.68. The fraction of sp³-hybridized carbons (Fsp3) is 0.667. The Labute approximate surface area is 398 Å². The molecule has 2 aromatic heterocycles. The highest BCUT2D eigenvalue weighted by molar-refractivity contribution is 7.61. The number of anilines is 1. The van der Waals surface area contributed by atoms with E-state index in [0.29, 0.717) is 0 Å². The van der Waals surface area contributed by atoms with Gasteiger partial charge in [0.25, 0.3) is 0 Å². The number of rotatable bonds is 30. The maximum absolute atomic E-state index is 13.1. The Kier molecular flexibility index (Phi) is 18.5. The number of nitrogens with zero attached hydrogens (tertiary/aromatic N) is 4. The lowest BCUT2D eigenvalue weighted by Crippen LogP contribution is -2.46. The number of aliphatic hydroxyl groups is 2. The monoisotopic (exact) mass is 1030 g/mol. The summed E-state index contributed by atoms with van der Waals surface area (Å²) in [6.07, 6.45) is 6.54. The van der Waals surface area contributed by atoms with E-state index in [9.17, 15) is 57.9 Å². The van der Waals surface area contributed by atoms with Gasteiger partial charge in [0, 0.05) is 36.8 Å². The summed E-state index contributed by atoms with van der Waals surface area (Å²) in [7, 11) is -16.4. The Morgan fingerprint density at radius 1 is 0.913 bits per heavy atom. The fourth-order valence-corrected chi connectivity index (χ4v) is 11.0. The van der Waals surface area contributed by atoms with Crippen LogP contribution in [0.5, 0.6) is 0 Å². The van der Waals surface area contributed by atoms with Crippen LogP contribution in [0.25, 0.3) is 11.2 Å². The number of carbonyl (C=O) groups is 3. The number of ketones is 1. The van der Waals surface area contributed by atoms with E-state index in [0.717, 1.165) is 68.1 Å². The molecule has 69 heavy (non-hydrogen) atoms. The van der Waals surface area contributed by atoms with Crippen LogP contribution in [0.2, 0.25) is 0 Å². The average Bonchev–Trinajstić information content (AvgIpc) is 4.21. The summed E-state index contributed by atoms with van der Waals surface area (Å²) in [4.78, 5) is 89.6. The van der Waals surface area contributed by atoms with E-state index in [1.165, 1.54) is 57.1 Å². The van der Waals surface area contributed by atoms with Crippen LogP contribution >= 0.6 is 23.5 Å². The van der Waals surface area contributed by atoms with Crippen molar-refractivity contribution in [1.82, 2.24) is 30.2 Å². The zero-order chi connectivity index (χ0) is 50.2. The van der Waals surface area contributed by atoms with Crippen LogP contribution in [0.4, 0.5) is 5.82 Å². The second-order valence-electron chi connectivity index (χ2n) is 18.7. The van der Waals surface area contributed by atoms with E-state index in [4.69, 9.17) is 19.5 Å². The molecule has 2 aliphatic carbocycles. The first kappa shape index (κ1) is 54.8. The van der Waals surface area contributed by atoms with Crippen molar-refractivity contribution in [2.24, 2.45) is 16.7 Å². The molecule has 1 aliphatic heterocycles. The summed E-state index contributed by atoms with van der Waals surface area (Å²) in [6, 6.07) is 8.90. The van der Waals surface area contributed by atoms with Gasteiger partial charge in [-0.05, 0) is 62.0 Å². The number of nitrogens with one attached hydrogen (secondary N) is 2. The van der Waals surface area contributed by atoms with Crippen molar-refractivity contribution in [3.05, 3.63) is 48.0 Å². The van der Waals surface area contributed by atoms with Gasteiger partial charge in [0.15, 0.2) is 17.7 Å². The maximum atomic E-state index is 13.1. The molecule has 2 amide bonds. The molecule has 0 bridgehead atoms. The zero-order valence-corrected chi connectivity index (χ0v) is 41.2. The Morgan fingerprint density at radius 3 is 2.19 bits per heavy atom. The molecule has 3 heterocycles. The number of fused-ring (bicyclic) bond motifs is 1. The average molecular weight is 1030 g/mol. The smallest absolute Gasteiger partial charge is 0.386 e. The summed E-state index contributed by atoms with van der Waals surface area (Å²) in [5.74, 6) is -0.333. The molecule has 10 N–H and O–H groups in total. The molecule has 1 aromatic carbocycles. The lowest BCUT2D eigenvalue weighted by molar-refractivity contribution is -0.137. The number of phosphoric acid groups is 3. The molecule has 3 aromatic rings. The lowest BCUT2D eigenvalue weighted by Gasteiger charge is -2.30. The standard InChI is InChI=1S/C42H64N7O17P3/c1-41(2,24-63-69(60,61)66-68(58,59)62-23-30-35(65-67(55,56)57)34(52)40(64-30)49-26-48-33-37(43)46-25-47-38(33)49)36(53)39(54)45-22-17-32(51)44-21-16-31(50)42(19-20-42)18-6-5-9-29-14-12-28(13-15-29)8-4-3-7-27-10-11-27/h12-15,25-27,30,34-36,40,52-53H,3-11,16-24H2,1-2H3,(H,44,51)(H,45,54)(H,58,59)(H,60,61)(H2,43,46,47)(H2,55,56,57). The van der Waals surface area contributed by atoms with Crippen molar-refractivity contribution in [2.45, 2.75) is 134 Å². The SMILES string of the molecule is CC(C)(COP(=O)(O)OP(=O)(O)OCC1OC(n2cnc3c(N)ncnc32)C(O)C1OP(=O)(O)O)C(O)C(=O)NCCC(=O)NCCC(=O)C1(CCCCc2ccc(CCCCC3CC3)cc2)CC1. The van der Waals surface area contributed by atoms with Crippen molar-refractivity contribution in [3.63, 3.8) is 0 Å². The highest BCUT2D eigenvalue weighted by Crippen LogP contribution is 2.61. The third kappa shape index (κ3) is 16.2. The number of imidazole rings is 1. The third-order valence-corrected chi connectivity index (χ3v) is 15.7. The number of benzene rings is 1. The Morgan fingerprint density at radius 2 is 1.55 bits per heavy atom. The molecule has 0 spiro atoms. The van der Waals surface area contributed by atoms with Gasteiger partial charge in [-0.25, -0.2) is 28.6 Å². The Hall–Kier alpha value is -3.57. The lowest BCUT2D eigenvalue weighted by atomic mass is 9.87. The fourth-order valence-electron chi connectivity index (χ4n) is 8.17. The molecular weight excluding hydrogens is 967 g/mol. The highest BCUT2D eigenvalue weighted by Gasteiger charge is 2.51. The summed E-state index contributed by atoms with van der Waals surface area (Å²) in [6.45, 7) is 0.461. The van der Waals surface area contributed by atoms with Crippen molar-refractivity contribution >= 4 is 58.0 Å². The number of aromatic nitrogens is 4. The second-order valence-corrected chi connectivity index (χ2v) is 23.0. The number of unbranched alkanes of at least 4 members (excludes halogenated alkanes) is 2. The first-order valence-corrected chi connectivity index (χ1v) is 27.5. The van der Waals surface area contributed by atoms with E-state index < -0.39 is 84.6 Å². The summed E-state index contributed by atoms with van der Waals surface area (Å²) >= 11 is 0. The number of phosphoric ester groups is 3. The number of hydrogen-bond donors (Lipinski definition) is 9. The van der Waals surface area contributed by atoms with Crippen LogP contribution in [0.1, 0.15) is 108 Å². The largest absolute Gasteiger partial charge is 0.481 e. The van der Waals surface area contributed by atoms with Gasteiger partial charge in [-0.3, -0.25) is 32.5 Å². The zero-order valence-electron chi connectivity index (χ0n) is 38.5. The van der Waals surface area contributed by atoms with E-state index in [1.54, 1.807) is 0 Å². The number of aryl methyl sites for hydroxylation is 2. The van der Waals surface area contributed by atoms with Crippen LogP contribution in [-0.4, -0.2) is 118 Å². The number of nitrogen functional groups attached to an aromatic ring is 1. The van der Waals surface area contributed by atoms with Crippen LogP contribution < -0.4 is 16.4 Å². The van der Waals surface area contributed by atoms with Gasteiger partial charge in [-0.2, -0.15) is 4.31 Å². The van der Waals surface area contributed by atoms with E-state index >= 15 is 0 Å². The van der Waals surface area contributed by atoms with Gasteiger partial charge in [0.1, 0.15) is 42.0 Å². The molecule has 1 saturated heterocycles. The maximum Gasteiger partial charge on any atom is 0.481 e. The van der Waals surface area contributed by atoms with Crippen molar-refractivity contribution in [2.75, 3.05) is 32.0 Å². The number of nitrogens with two attached hydrogens (primary N) is 1. The minimum Gasteiger partial charge on any atom is -0.386 e. The molecule has 7 unspecified atom stereocenters. The van der Waals surface area contributed by atoms with Gasteiger partial charge in [0.05, 0.1) is 19.5 Å². The number of aliphatic hydroxyl groups excluding tert-OH is 2. The normalized spacial score (nSPS) is 22.4. The van der Waals surface area contributed by atoms with E-state index in [2.05, 4.69) is 58.7 Å². The summed E-state index contributed by atoms with van der Waals surface area (Å²) in [5.41, 5.74) is 6.66. The van der Waals surface area contributed by atoms with Crippen LogP contribution in [0, 0.1) is 16.7 Å². The van der Waals surface area contributed by atoms with E-state index in [1.807, 2.05) is 0 Å². The van der Waals surface area contributed by atoms with Crippen LogP contribution in [0.15, 0.2) is 36.9 Å². The van der Waals surface area contributed by atoms with Crippen molar-refractivity contribution in [3.8, 4) is 0 Å². The quantitative estimate of drug-likeness (QED) is 0.0339. The summed E-state index contributed by atoms with van der Waals surface area (Å²) in [5, 5.41) is 26.7. The number of ether oxygens (including phenoxy) is 1. The molecule has 24 nitrogen and oxygen atoms in total. The van der Waals surface area contributed by atoms with Crippen LogP contribution in [0.3, 0.4) is 0 Å². The third-order valence-electron chi connectivity index (χ3n) is 12.6. The molecular formula is C42H64N7O17P3. The van der Waals surface area contributed by atoms with Gasteiger partial charge in [-0.1, -0.05) is 70.2 Å². The van der Waals surface area contributed by atoms with Crippen molar-refractivity contribution in [1.29, 1.82) is 0 Å². The first-order valence-electron chi connectivity index (χ1n) is 23.0. The topological polar surface area (TPSA) is 364 Å². The molecule has 7 atom stereocenters. The molecule has 384 valence electrons. The molecule has 3 aliphatic rings. The predicted molar refractivity (Wildman–Crippen MR) is 245 cm³/mol. The van der Waals surface area contributed by atoms with Gasteiger partial charge in [-0.15, -0.1) is 0 Å². The molecule has 27 heteroatoms. The molecule has 0 radical (unpaired) electrons.